The maximum Gasteiger partial charge on any atom is 0.265 e. The van der Waals surface area contributed by atoms with Gasteiger partial charge in [0.25, 0.3) is 5.91 Å². The molecular formula is C21H29N3O3S. The highest BCUT2D eigenvalue weighted by atomic mass is 32.1. The number of benzene rings is 1. The summed E-state index contributed by atoms with van der Waals surface area (Å²) in [5.41, 5.74) is 2.69. The van der Waals surface area contributed by atoms with Crippen LogP contribution in [0.15, 0.2) is 35.7 Å². The van der Waals surface area contributed by atoms with Crippen LogP contribution in [0, 0.1) is 5.92 Å². The molecule has 0 aliphatic heterocycles. The van der Waals surface area contributed by atoms with Crippen molar-refractivity contribution < 1.29 is 14.3 Å². The van der Waals surface area contributed by atoms with Crippen molar-refractivity contribution in [2.75, 3.05) is 44.6 Å². The van der Waals surface area contributed by atoms with E-state index in [1.54, 1.807) is 11.0 Å². The predicted octanol–water partition coefficient (Wildman–Crippen LogP) is 3.70. The van der Waals surface area contributed by atoms with Crippen LogP contribution in [-0.4, -0.2) is 51.1 Å². The summed E-state index contributed by atoms with van der Waals surface area (Å²) in [6, 6.07) is 9.43. The molecule has 6 nitrogen and oxygen atoms in total. The average molecular weight is 404 g/mol. The second-order valence-electron chi connectivity index (χ2n) is 7.27. The van der Waals surface area contributed by atoms with Crippen molar-refractivity contribution in [3.05, 3.63) is 46.2 Å². The molecule has 0 spiro atoms. The fourth-order valence-electron chi connectivity index (χ4n) is 2.94. The van der Waals surface area contributed by atoms with E-state index in [0.717, 1.165) is 11.3 Å². The lowest BCUT2D eigenvalue weighted by atomic mass is 10.1. The van der Waals surface area contributed by atoms with Crippen LogP contribution < -0.4 is 10.2 Å². The summed E-state index contributed by atoms with van der Waals surface area (Å²) in [6.45, 7) is 5.31. The fourth-order valence-corrected chi connectivity index (χ4v) is 3.56. The van der Waals surface area contributed by atoms with Crippen LogP contribution in [0.2, 0.25) is 0 Å². The zero-order chi connectivity index (χ0) is 20.7. The van der Waals surface area contributed by atoms with E-state index in [0.29, 0.717) is 29.6 Å². The molecule has 7 heteroatoms. The third-order valence-electron chi connectivity index (χ3n) is 4.13. The minimum Gasteiger partial charge on any atom is -0.377 e. The molecule has 2 amide bonds. The molecule has 1 aromatic carbocycles. The van der Waals surface area contributed by atoms with Gasteiger partial charge >= 0.3 is 0 Å². The topological polar surface area (TPSA) is 61.9 Å². The molecule has 0 aliphatic rings. The number of amides is 2. The first kappa shape index (κ1) is 21.9. The number of nitrogens with zero attached hydrogens (tertiary/aromatic N) is 2. The Kier molecular flexibility index (Phi) is 8.02. The number of hydrogen-bond donors (Lipinski definition) is 1. The first-order chi connectivity index (χ1) is 13.3. The van der Waals surface area contributed by atoms with Gasteiger partial charge in [0.2, 0.25) is 5.91 Å². The van der Waals surface area contributed by atoms with Crippen LogP contribution in [0.5, 0.6) is 0 Å². The second-order valence-corrected chi connectivity index (χ2v) is 8.22. The molecule has 2 rings (SSSR count). The Bertz CT molecular complexity index is 788. The Morgan fingerprint density at radius 3 is 2.54 bits per heavy atom. The first-order valence-electron chi connectivity index (χ1n) is 9.23. The number of carbonyl (C=O) groups excluding carboxylic acids is 2. The van der Waals surface area contributed by atoms with Crippen LogP contribution in [0.3, 0.4) is 0 Å². The molecule has 0 atom stereocenters. The number of ether oxygens (including phenoxy) is 1. The molecule has 0 bridgehead atoms. The summed E-state index contributed by atoms with van der Waals surface area (Å²) in [4.78, 5) is 29.4. The maximum atomic E-state index is 12.5. The molecule has 1 aromatic heterocycles. The molecule has 152 valence electrons. The van der Waals surface area contributed by atoms with Gasteiger partial charge in [-0.1, -0.05) is 19.9 Å². The lowest BCUT2D eigenvalue weighted by molar-refractivity contribution is -0.136. The van der Waals surface area contributed by atoms with Gasteiger partial charge in [-0.3, -0.25) is 9.59 Å². The quantitative estimate of drug-likeness (QED) is 0.694. The van der Waals surface area contributed by atoms with E-state index in [1.165, 1.54) is 18.4 Å². The second kappa shape index (κ2) is 10.2. The number of thiophene rings is 1. The Labute approximate surface area is 171 Å². The molecule has 28 heavy (non-hydrogen) atoms. The van der Waals surface area contributed by atoms with Crippen molar-refractivity contribution in [1.82, 2.24) is 4.90 Å². The molecule has 2 aromatic rings. The summed E-state index contributed by atoms with van der Waals surface area (Å²) in [7, 11) is 5.45. The molecule has 0 radical (unpaired) electrons. The van der Waals surface area contributed by atoms with Crippen molar-refractivity contribution >= 4 is 34.5 Å². The maximum absolute atomic E-state index is 12.5. The van der Waals surface area contributed by atoms with Crippen LogP contribution in [0.1, 0.15) is 29.1 Å². The summed E-state index contributed by atoms with van der Waals surface area (Å²) >= 11 is 1.40. The molecule has 0 unspecified atom stereocenters. The first-order valence-corrected chi connectivity index (χ1v) is 10.1. The standard InChI is InChI=1S/C21H29N3O3S/c1-15(2)12-24(20(25)14-27-5)13-16-11-17(8-9-18(16)23(3)4)22-21(26)19-7-6-10-28-19/h6-11,15H,12-14H2,1-5H3,(H,22,26). The summed E-state index contributed by atoms with van der Waals surface area (Å²) in [5, 5.41) is 4.82. The van der Waals surface area contributed by atoms with Gasteiger partial charge in [0.15, 0.2) is 0 Å². The van der Waals surface area contributed by atoms with E-state index in [-0.39, 0.29) is 18.4 Å². The summed E-state index contributed by atoms with van der Waals surface area (Å²) in [6.07, 6.45) is 0. The zero-order valence-electron chi connectivity index (χ0n) is 17.2. The van der Waals surface area contributed by atoms with Crippen molar-refractivity contribution in [1.29, 1.82) is 0 Å². The van der Waals surface area contributed by atoms with Crippen LogP contribution in [0.4, 0.5) is 11.4 Å². The Hall–Kier alpha value is -2.38. The molecular weight excluding hydrogens is 374 g/mol. The molecule has 0 saturated heterocycles. The van der Waals surface area contributed by atoms with Crippen molar-refractivity contribution in [2.45, 2.75) is 20.4 Å². The number of carbonyl (C=O) groups is 2. The number of hydrogen-bond acceptors (Lipinski definition) is 5. The normalized spacial score (nSPS) is 10.8. The zero-order valence-corrected chi connectivity index (χ0v) is 18.0. The SMILES string of the molecule is COCC(=O)N(Cc1cc(NC(=O)c2cccs2)ccc1N(C)C)CC(C)C. The van der Waals surface area contributed by atoms with Gasteiger partial charge in [-0.25, -0.2) is 0 Å². The van der Waals surface area contributed by atoms with Gasteiger partial charge in [0, 0.05) is 45.7 Å². The minimum absolute atomic E-state index is 0.0473. The highest BCUT2D eigenvalue weighted by molar-refractivity contribution is 7.12. The smallest absolute Gasteiger partial charge is 0.265 e. The summed E-state index contributed by atoms with van der Waals surface area (Å²) in [5.74, 6) is 0.160. The number of rotatable bonds is 9. The number of anilines is 2. The van der Waals surface area contributed by atoms with Gasteiger partial charge in [-0.15, -0.1) is 11.3 Å². The van der Waals surface area contributed by atoms with Gasteiger partial charge in [-0.05, 0) is 41.1 Å². The van der Waals surface area contributed by atoms with E-state index in [1.807, 2.05) is 48.6 Å². The van der Waals surface area contributed by atoms with Gasteiger partial charge in [-0.2, -0.15) is 0 Å². The van der Waals surface area contributed by atoms with Crippen molar-refractivity contribution in [3.8, 4) is 0 Å². The van der Waals surface area contributed by atoms with E-state index < -0.39 is 0 Å². The van der Waals surface area contributed by atoms with Crippen LogP contribution in [-0.2, 0) is 16.1 Å². The van der Waals surface area contributed by atoms with E-state index >= 15 is 0 Å². The molecule has 0 saturated carbocycles. The Balaban J connectivity index is 2.28. The molecule has 1 heterocycles. The highest BCUT2D eigenvalue weighted by Gasteiger charge is 2.18. The summed E-state index contributed by atoms with van der Waals surface area (Å²) < 4.78 is 5.04. The lowest BCUT2D eigenvalue weighted by Gasteiger charge is -2.27. The molecule has 0 aliphatic carbocycles. The van der Waals surface area contributed by atoms with E-state index in [2.05, 4.69) is 19.2 Å². The monoisotopic (exact) mass is 403 g/mol. The lowest BCUT2D eigenvalue weighted by Crippen LogP contribution is -2.36. The van der Waals surface area contributed by atoms with Gasteiger partial charge in [0.05, 0.1) is 4.88 Å². The van der Waals surface area contributed by atoms with Crippen molar-refractivity contribution in [3.63, 3.8) is 0 Å². The third-order valence-corrected chi connectivity index (χ3v) is 5.00. The minimum atomic E-state index is -0.131. The van der Waals surface area contributed by atoms with Gasteiger partial charge in [0.1, 0.15) is 6.61 Å². The van der Waals surface area contributed by atoms with E-state index in [4.69, 9.17) is 4.74 Å². The van der Waals surface area contributed by atoms with Crippen LogP contribution in [0.25, 0.3) is 0 Å². The third kappa shape index (κ3) is 6.07. The largest absolute Gasteiger partial charge is 0.377 e. The highest BCUT2D eigenvalue weighted by Crippen LogP contribution is 2.25. The van der Waals surface area contributed by atoms with Gasteiger partial charge < -0.3 is 19.9 Å². The van der Waals surface area contributed by atoms with Crippen molar-refractivity contribution in [2.24, 2.45) is 5.92 Å². The number of nitrogens with one attached hydrogen (secondary N) is 1. The average Bonchev–Trinajstić information content (AvgIpc) is 3.15. The predicted molar refractivity (Wildman–Crippen MR) is 115 cm³/mol. The molecule has 0 fully saturated rings. The van der Waals surface area contributed by atoms with E-state index in [9.17, 15) is 9.59 Å². The fraction of sp³-hybridized carbons (Fsp3) is 0.429. The number of methoxy groups -OCH3 is 1. The molecule has 1 N–H and O–H groups in total. The Morgan fingerprint density at radius 1 is 1.21 bits per heavy atom. The van der Waals surface area contributed by atoms with Crippen LogP contribution >= 0.6 is 11.3 Å². The Morgan fingerprint density at radius 2 is 1.96 bits per heavy atom.